The van der Waals surface area contributed by atoms with Gasteiger partial charge in [-0.15, -0.1) is 0 Å². The third-order valence-electron chi connectivity index (χ3n) is 7.68. The molecule has 1 atom stereocenters. The first-order valence-corrected chi connectivity index (χ1v) is 14.2. The molecule has 2 fully saturated rings. The molecule has 6 rings (SSSR count). The zero-order valence-electron chi connectivity index (χ0n) is 20.8. The van der Waals surface area contributed by atoms with Crippen LogP contribution in [-0.2, 0) is 0 Å². The molecule has 2 aromatic heterocycles. The van der Waals surface area contributed by atoms with Crippen LogP contribution in [0.3, 0.4) is 0 Å². The topological polar surface area (TPSA) is 93.3 Å². The van der Waals surface area contributed by atoms with Crippen molar-refractivity contribution < 1.29 is 9.90 Å². The third-order valence-corrected chi connectivity index (χ3v) is 8.38. The van der Waals surface area contributed by atoms with E-state index in [0.717, 1.165) is 72.2 Å². The molecule has 192 valence electrons. The van der Waals surface area contributed by atoms with Crippen LogP contribution in [0.1, 0.15) is 60.6 Å². The van der Waals surface area contributed by atoms with Crippen LogP contribution in [0.15, 0.2) is 59.3 Å². The van der Waals surface area contributed by atoms with Gasteiger partial charge in [0, 0.05) is 41.3 Å². The van der Waals surface area contributed by atoms with Crippen LogP contribution in [0.5, 0.6) is 0 Å². The normalized spacial score (nSPS) is 21.2. The van der Waals surface area contributed by atoms with Gasteiger partial charge in [-0.25, -0.2) is 0 Å². The van der Waals surface area contributed by atoms with Crippen molar-refractivity contribution in [3.8, 4) is 11.3 Å². The second-order valence-corrected chi connectivity index (χ2v) is 11.0. The van der Waals surface area contributed by atoms with Crippen molar-refractivity contribution in [1.29, 1.82) is 0 Å². The number of likely N-dealkylation sites (tertiary alicyclic amines) is 1. The second-order valence-electron chi connectivity index (χ2n) is 10.2. The number of aromatic amines is 1. The molecule has 3 heterocycles. The van der Waals surface area contributed by atoms with E-state index in [1.807, 2.05) is 18.2 Å². The summed E-state index contributed by atoms with van der Waals surface area (Å²) in [4.78, 5) is 15.7. The number of nitrogens with zero attached hydrogens (tertiary/aromatic N) is 2. The number of hydrogen-bond acceptors (Lipinski definition) is 6. The van der Waals surface area contributed by atoms with E-state index >= 15 is 0 Å². The van der Waals surface area contributed by atoms with Crippen LogP contribution in [0.25, 0.3) is 22.2 Å². The first-order chi connectivity index (χ1) is 18.1. The number of anilines is 1. The van der Waals surface area contributed by atoms with Gasteiger partial charge in [-0.1, -0.05) is 12.1 Å². The van der Waals surface area contributed by atoms with Crippen molar-refractivity contribution >= 4 is 33.8 Å². The molecule has 1 unspecified atom stereocenters. The van der Waals surface area contributed by atoms with Gasteiger partial charge in [0.05, 0.1) is 17.3 Å². The van der Waals surface area contributed by atoms with Gasteiger partial charge in [0.25, 0.3) is 5.91 Å². The Morgan fingerprint density at radius 2 is 1.84 bits per heavy atom. The predicted molar refractivity (Wildman–Crippen MR) is 149 cm³/mol. The fourth-order valence-electron chi connectivity index (χ4n) is 5.58. The molecule has 7 nitrogen and oxygen atoms in total. The van der Waals surface area contributed by atoms with E-state index in [-0.39, 0.29) is 18.2 Å². The minimum atomic E-state index is -0.151. The van der Waals surface area contributed by atoms with E-state index in [4.69, 9.17) is 0 Å². The van der Waals surface area contributed by atoms with Crippen LogP contribution in [0, 0.1) is 0 Å². The zero-order valence-corrected chi connectivity index (χ0v) is 21.6. The molecule has 8 heteroatoms. The minimum Gasteiger partial charge on any atom is -0.393 e. The summed E-state index contributed by atoms with van der Waals surface area (Å²) in [6, 6.07) is 16.5. The van der Waals surface area contributed by atoms with Gasteiger partial charge in [0.15, 0.2) is 0 Å². The summed E-state index contributed by atoms with van der Waals surface area (Å²) in [6.07, 6.45) is 5.77. The zero-order chi connectivity index (χ0) is 25.2. The number of thiophene rings is 1. The summed E-state index contributed by atoms with van der Waals surface area (Å²) in [5.74, 6) is -0.0747. The van der Waals surface area contributed by atoms with Gasteiger partial charge >= 0.3 is 0 Å². The lowest BCUT2D eigenvalue weighted by Crippen LogP contribution is -2.39. The maximum Gasteiger partial charge on any atom is 0.252 e. The third kappa shape index (κ3) is 5.28. The van der Waals surface area contributed by atoms with E-state index in [1.54, 1.807) is 11.3 Å². The number of amides is 1. The number of carbonyl (C=O) groups excluding carboxylic acids is 1. The molecule has 0 bridgehead atoms. The number of aliphatic hydroxyl groups excluding tert-OH is 1. The highest BCUT2D eigenvalue weighted by Crippen LogP contribution is 2.30. The number of fused-ring (bicyclic) bond motifs is 1. The van der Waals surface area contributed by atoms with Gasteiger partial charge in [-0.3, -0.25) is 14.8 Å². The highest BCUT2D eigenvalue weighted by atomic mass is 32.1. The smallest absolute Gasteiger partial charge is 0.252 e. The Labute approximate surface area is 220 Å². The molecule has 1 aliphatic carbocycles. The summed E-state index contributed by atoms with van der Waals surface area (Å²) in [7, 11) is 0. The van der Waals surface area contributed by atoms with E-state index in [9.17, 15) is 9.90 Å². The lowest BCUT2D eigenvalue weighted by atomic mass is 9.93. The monoisotopic (exact) mass is 515 g/mol. The molecule has 0 radical (unpaired) electrons. The molecular formula is C29H33N5O2S. The van der Waals surface area contributed by atoms with Crippen molar-refractivity contribution in [2.75, 3.05) is 18.4 Å². The molecule has 4 aromatic rings. The van der Waals surface area contributed by atoms with Crippen LogP contribution in [-0.4, -0.2) is 51.3 Å². The average Bonchev–Trinajstić information content (AvgIpc) is 3.71. The minimum absolute atomic E-state index is 0.0747. The largest absolute Gasteiger partial charge is 0.393 e. The van der Waals surface area contributed by atoms with Crippen molar-refractivity contribution in [2.24, 2.45) is 0 Å². The first-order valence-electron chi connectivity index (χ1n) is 13.2. The molecule has 37 heavy (non-hydrogen) atoms. The Bertz CT molecular complexity index is 1340. The maximum absolute atomic E-state index is 13.4. The van der Waals surface area contributed by atoms with Crippen LogP contribution < -0.4 is 10.6 Å². The summed E-state index contributed by atoms with van der Waals surface area (Å²) in [6.45, 7) is 2.00. The quantitative estimate of drug-likeness (QED) is 0.260. The van der Waals surface area contributed by atoms with Crippen molar-refractivity contribution in [1.82, 2.24) is 20.4 Å². The standard InChI is InChI=1S/C29H33N5O2S/c35-24-10-8-23(9-11-24)30-22-6-3-19(4-7-22)27-25-17-20(5-12-26(25)32-33-27)29(36)31-28(21-13-16-37-18-21)34-14-1-2-15-34/h3-7,12-13,16-18,23-24,28,30,35H,1-2,8-11,14-15H2,(H,31,36)(H,32,33). The summed E-state index contributed by atoms with van der Waals surface area (Å²) >= 11 is 1.66. The van der Waals surface area contributed by atoms with Crippen molar-refractivity contribution in [3.63, 3.8) is 0 Å². The lowest BCUT2D eigenvalue weighted by Gasteiger charge is -2.28. The number of H-pyrrole nitrogens is 1. The van der Waals surface area contributed by atoms with Crippen molar-refractivity contribution in [2.45, 2.75) is 56.8 Å². The van der Waals surface area contributed by atoms with Crippen molar-refractivity contribution in [3.05, 3.63) is 70.4 Å². The van der Waals surface area contributed by atoms with E-state index in [2.05, 4.69) is 66.8 Å². The molecule has 4 N–H and O–H groups in total. The van der Waals surface area contributed by atoms with E-state index in [0.29, 0.717) is 11.6 Å². The van der Waals surface area contributed by atoms with Gasteiger partial charge < -0.3 is 15.7 Å². The molecule has 1 saturated carbocycles. The number of aliphatic hydroxyl groups is 1. The van der Waals surface area contributed by atoms with Gasteiger partial charge in [-0.05, 0) is 91.2 Å². The first kappa shape index (κ1) is 24.2. The summed E-state index contributed by atoms with van der Waals surface area (Å²) < 4.78 is 0. The average molecular weight is 516 g/mol. The Kier molecular flexibility index (Phi) is 6.95. The second kappa shape index (κ2) is 10.7. The van der Waals surface area contributed by atoms with Gasteiger partial charge in [0.1, 0.15) is 6.17 Å². The Hall–Kier alpha value is -3.20. The van der Waals surface area contributed by atoms with Crippen LogP contribution in [0.4, 0.5) is 5.69 Å². The molecule has 1 aliphatic heterocycles. The van der Waals surface area contributed by atoms with Crippen LogP contribution >= 0.6 is 11.3 Å². The predicted octanol–water partition coefficient (Wildman–Crippen LogP) is 5.53. The Balaban J connectivity index is 1.20. The highest BCUT2D eigenvalue weighted by molar-refractivity contribution is 7.08. The van der Waals surface area contributed by atoms with E-state index in [1.165, 1.54) is 12.8 Å². The molecule has 2 aliphatic rings. The number of rotatable bonds is 7. The number of carbonyl (C=O) groups is 1. The van der Waals surface area contributed by atoms with Gasteiger partial charge in [-0.2, -0.15) is 16.4 Å². The lowest BCUT2D eigenvalue weighted by molar-refractivity contribution is 0.0872. The Morgan fingerprint density at radius 3 is 2.57 bits per heavy atom. The fraction of sp³-hybridized carbons (Fsp3) is 0.379. The molecule has 1 saturated heterocycles. The maximum atomic E-state index is 13.4. The Morgan fingerprint density at radius 1 is 1.05 bits per heavy atom. The fourth-order valence-corrected chi connectivity index (χ4v) is 6.26. The highest BCUT2D eigenvalue weighted by Gasteiger charge is 2.26. The number of aromatic nitrogens is 2. The van der Waals surface area contributed by atoms with Crippen LogP contribution in [0.2, 0.25) is 0 Å². The molecule has 0 spiro atoms. The SMILES string of the molecule is O=C(NC(c1ccsc1)N1CCCC1)c1ccc2[nH]nc(-c3ccc(NC4CCC(O)CC4)cc3)c2c1. The van der Waals surface area contributed by atoms with E-state index < -0.39 is 0 Å². The summed E-state index contributed by atoms with van der Waals surface area (Å²) in [5.41, 5.74) is 5.60. The molecule has 1 amide bonds. The number of benzene rings is 2. The molecule has 2 aromatic carbocycles. The molecular weight excluding hydrogens is 482 g/mol. The number of nitrogens with one attached hydrogen (secondary N) is 3. The number of hydrogen-bond donors (Lipinski definition) is 4. The van der Waals surface area contributed by atoms with Gasteiger partial charge in [0.2, 0.25) is 0 Å². The summed E-state index contributed by atoms with van der Waals surface area (Å²) in [5, 5.41) is 29.4.